The average molecular weight is 366 g/mol. The molecule has 0 spiro atoms. The summed E-state index contributed by atoms with van der Waals surface area (Å²) in [6.07, 6.45) is 0.386. The maximum atomic E-state index is 13.1. The van der Waals surface area contributed by atoms with Gasteiger partial charge < -0.3 is 10.0 Å². The molecule has 0 unspecified atom stereocenters. The molecule has 8 heteroatoms. The van der Waals surface area contributed by atoms with E-state index in [1.807, 2.05) is 0 Å². The van der Waals surface area contributed by atoms with Gasteiger partial charge in [-0.05, 0) is 44.5 Å². The fraction of sp³-hybridized carbons (Fsp3) is 0.353. The van der Waals surface area contributed by atoms with Crippen molar-refractivity contribution >= 4 is 23.5 Å². The summed E-state index contributed by atoms with van der Waals surface area (Å²) < 4.78 is 14.5. The lowest BCUT2D eigenvalue weighted by Gasteiger charge is -2.20. The van der Waals surface area contributed by atoms with E-state index in [0.717, 1.165) is 0 Å². The van der Waals surface area contributed by atoms with Crippen LogP contribution in [-0.4, -0.2) is 44.8 Å². The molecule has 2 heterocycles. The maximum absolute atomic E-state index is 13.1. The smallest absolute Gasteiger partial charge is 0.311 e. The molecule has 1 fully saturated rings. The Morgan fingerprint density at radius 2 is 1.96 bits per heavy atom. The number of likely N-dealkylation sites (tertiary alicyclic amines) is 1. The van der Waals surface area contributed by atoms with E-state index in [1.54, 1.807) is 13.8 Å². The Balaban J connectivity index is 1.92. The number of benzene rings is 1. The highest BCUT2D eigenvalue weighted by Gasteiger charge is 2.43. The van der Waals surface area contributed by atoms with Gasteiger partial charge in [-0.3, -0.25) is 9.59 Å². The molecular formula is C17H17ClFN3O3. The van der Waals surface area contributed by atoms with Crippen molar-refractivity contribution in [2.24, 2.45) is 5.41 Å². The molecule has 1 aromatic carbocycles. The summed E-state index contributed by atoms with van der Waals surface area (Å²) in [6.45, 7) is 3.75. The molecule has 6 nitrogen and oxygen atoms in total. The van der Waals surface area contributed by atoms with Crippen LogP contribution in [0.25, 0.3) is 5.69 Å². The minimum absolute atomic E-state index is 0.123. The Morgan fingerprint density at radius 3 is 2.52 bits per heavy atom. The molecule has 3 rings (SSSR count). The molecule has 0 saturated carbocycles. The highest BCUT2D eigenvalue weighted by molar-refractivity contribution is 6.33. The summed E-state index contributed by atoms with van der Waals surface area (Å²) in [4.78, 5) is 25.7. The van der Waals surface area contributed by atoms with Crippen molar-refractivity contribution in [3.8, 4) is 5.69 Å². The third kappa shape index (κ3) is 3.00. The van der Waals surface area contributed by atoms with Crippen molar-refractivity contribution in [2.75, 3.05) is 13.1 Å². The van der Waals surface area contributed by atoms with E-state index in [0.29, 0.717) is 24.3 Å². The number of rotatable bonds is 3. The van der Waals surface area contributed by atoms with E-state index in [2.05, 4.69) is 5.10 Å². The van der Waals surface area contributed by atoms with Gasteiger partial charge in [-0.1, -0.05) is 11.6 Å². The van der Waals surface area contributed by atoms with E-state index in [-0.39, 0.29) is 29.0 Å². The summed E-state index contributed by atoms with van der Waals surface area (Å²) in [5, 5.41) is 13.7. The van der Waals surface area contributed by atoms with Crippen molar-refractivity contribution < 1.29 is 19.1 Å². The van der Waals surface area contributed by atoms with E-state index < -0.39 is 11.4 Å². The third-order valence-corrected chi connectivity index (χ3v) is 4.92. The van der Waals surface area contributed by atoms with Crippen molar-refractivity contribution in [3.63, 3.8) is 0 Å². The maximum Gasteiger partial charge on any atom is 0.311 e. The number of hydrogen-bond donors (Lipinski definition) is 1. The predicted molar refractivity (Wildman–Crippen MR) is 89.5 cm³/mol. The zero-order valence-corrected chi connectivity index (χ0v) is 14.5. The average Bonchev–Trinajstić information content (AvgIpc) is 3.10. The van der Waals surface area contributed by atoms with Crippen molar-refractivity contribution in [1.82, 2.24) is 14.7 Å². The molecule has 25 heavy (non-hydrogen) atoms. The van der Waals surface area contributed by atoms with Gasteiger partial charge in [-0.15, -0.1) is 0 Å². The molecule has 2 aromatic rings. The summed E-state index contributed by atoms with van der Waals surface area (Å²) in [5.74, 6) is -1.65. The first-order chi connectivity index (χ1) is 11.7. The van der Waals surface area contributed by atoms with Crippen LogP contribution in [0.5, 0.6) is 0 Å². The van der Waals surface area contributed by atoms with Gasteiger partial charge in [-0.25, -0.2) is 9.07 Å². The van der Waals surface area contributed by atoms with Crippen LogP contribution in [0.2, 0.25) is 5.15 Å². The first-order valence-corrected chi connectivity index (χ1v) is 8.14. The Hall–Kier alpha value is -2.41. The molecule has 1 aromatic heterocycles. The number of carbonyl (C=O) groups is 2. The van der Waals surface area contributed by atoms with Crippen LogP contribution in [0.3, 0.4) is 0 Å². The number of carboxylic acid groups (broad SMARTS) is 1. The van der Waals surface area contributed by atoms with Gasteiger partial charge in [0, 0.05) is 13.1 Å². The molecule has 0 bridgehead atoms. The van der Waals surface area contributed by atoms with Crippen LogP contribution in [0.15, 0.2) is 24.3 Å². The number of aryl methyl sites for hydroxylation is 1. The minimum Gasteiger partial charge on any atom is -0.481 e. The fourth-order valence-electron chi connectivity index (χ4n) is 2.96. The van der Waals surface area contributed by atoms with Crippen LogP contribution in [0.1, 0.15) is 29.4 Å². The van der Waals surface area contributed by atoms with E-state index >= 15 is 0 Å². The van der Waals surface area contributed by atoms with Crippen molar-refractivity contribution in [2.45, 2.75) is 20.3 Å². The predicted octanol–water partition coefficient (Wildman–Crippen LogP) is 2.91. The Morgan fingerprint density at radius 1 is 1.32 bits per heavy atom. The second kappa shape index (κ2) is 6.15. The fourth-order valence-corrected chi connectivity index (χ4v) is 3.32. The lowest BCUT2D eigenvalue weighted by Crippen LogP contribution is -2.35. The van der Waals surface area contributed by atoms with E-state index in [1.165, 1.54) is 33.8 Å². The first kappa shape index (κ1) is 17.4. The molecule has 1 amide bonds. The summed E-state index contributed by atoms with van der Waals surface area (Å²) in [6, 6.07) is 5.59. The van der Waals surface area contributed by atoms with Crippen molar-refractivity contribution in [3.05, 3.63) is 46.5 Å². The minimum atomic E-state index is -0.955. The van der Waals surface area contributed by atoms with Gasteiger partial charge in [0.15, 0.2) is 0 Å². The van der Waals surface area contributed by atoms with Gasteiger partial charge in [0.1, 0.15) is 11.0 Å². The highest BCUT2D eigenvalue weighted by atomic mass is 35.5. The second-order valence-electron chi connectivity index (χ2n) is 6.48. The Bertz CT molecular complexity index is 850. The number of hydrogen-bond acceptors (Lipinski definition) is 3. The summed E-state index contributed by atoms with van der Waals surface area (Å²) >= 11 is 6.35. The molecule has 132 valence electrons. The number of aliphatic carboxylic acids is 1. The molecular weight excluding hydrogens is 349 g/mol. The van der Waals surface area contributed by atoms with Crippen LogP contribution in [0.4, 0.5) is 4.39 Å². The summed E-state index contributed by atoms with van der Waals surface area (Å²) in [5.41, 5.74) is 0.248. The number of amides is 1. The van der Waals surface area contributed by atoms with Gasteiger partial charge in [0.25, 0.3) is 5.91 Å². The standard InChI is InChI=1S/C17H17ClFN3O3/c1-10-13(15(23)21-8-7-17(2,9-21)16(24)25)14(18)22(20-10)12-5-3-11(19)4-6-12/h3-6H,7-9H2,1-2H3,(H,24,25)/t17-/m0/s1. The van der Waals surface area contributed by atoms with Gasteiger partial charge in [0.2, 0.25) is 0 Å². The van der Waals surface area contributed by atoms with Crippen LogP contribution in [0, 0.1) is 18.2 Å². The Kier molecular flexibility index (Phi) is 4.28. The second-order valence-corrected chi connectivity index (χ2v) is 6.84. The van der Waals surface area contributed by atoms with Crippen LogP contribution in [-0.2, 0) is 4.79 Å². The van der Waals surface area contributed by atoms with Crippen molar-refractivity contribution in [1.29, 1.82) is 0 Å². The zero-order chi connectivity index (χ0) is 18.4. The van der Waals surface area contributed by atoms with E-state index in [4.69, 9.17) is 11.6 Å². The highest BCUT2D eigenvalue weighted by Crippen LogP contribution is 2.33. The van der Waals surface area contributed by atoms with Crippen LogP contribution < -0.4 is 0 Å². The number of nitrogens with zero attached hydrogens (tertiary/aromatic N) is 3. The lowest BCUT2D eigenvalue weighted by atomic mass is 9.90. The molecule has 0 radical (unpaired) electrons. The largest absolute Gasteiger partial charge is 0.481 e. The van der Waals surface area contributed by atoms with E-state index in [9.17, 15) is 19.1 Å². The van der Waals surface area contributed by atoms with Gasteiger partial charge in [0.05, 0.1) is 22.4 Å². The number of carboxylic acids is 1. The molecule has 0 aliphatic carbocycles. The quantitative estimate of drug-likeness (QED) is 0.907. The zero-order valence-electron chi connectivity index (χ0n) is 13.8. The monoisotopic (exact) mass is 365 g/mol. The first-order valence-electron chi connectivity index (χ1n) is 7.77. The van der Waals surface area contributed by atoms with Gasteiger partial charge >= 0.3 is 5.97 Å². The molecule has 1 saturated heterocycles. The normalized spacial score (nSPS) is 20.1. The Labute approximate surface area is 148 Å². The van der Waals surface area contributed by atoms with Crippen LogP contribution >= 0.6 is 11.6 Å². The SMILES string of the molecule is Cc1nn(-c2ccc(F)cc2)c(Cl)c1C(=O)N1CC[C@](C)(C(=O)O)C1. The summed E-state index contributed by atoms with van der Waals surface area (Å²) in [7, 11) is 0. The number of halogens is 2. The topological polar surface area (TPSA) is 75.4 Å². The number of aromatic nitrogens is 2. The lowest BCUT2D eigenvalue weighted by molar-refractivity contribution is -0.147. The third-order valence-electron chi connectivity index (χ3n) is 4.57. The molecule has 1 aliphatic rings. The molecule has 1 aliphatic heterocycles. The molecule has 1 N–H and O–H groups in total. The number of carbonyl (C=O) groups excluding carboxylic acids is 1. The van der Waals surface area contributed by atoms with Gasteiger partial charge in [-0.2, -0.15) is 5.10 Å². The molecule has 1 atom stereocenters.